The first-order valence-corrected chi connectivity index (χ1v) is 13.6. The van der Waals surface area contributed by atoms with E-state index in [-0.39, 0.29) is 11.2 Å². The third-order valence-electron chi connectivity index (χ3n) is 6.56. The predicted molar refractivity (Wildman–Crippen MR) is 152 cm³/mol. The molecule has 1 fully saturated rings. The van der Waals surface area contributed by atoms with Crippen LogP contribution in [0, 0.1) is 5.92 Å². The van der Waals surface area contributed by atoms with Gasteiger partial charge in [0.2, 0.25) is 0 Å². The quantitative estimate of drug-likeness (QED) is 0.155. The number of nitrogens with zero attached hydrogens (tertiary/aromatic N) is 2. The molecule has 5 heteroatoms. The highest BCUT2D eigenvalue weighted by Crippen LogP contribution is 2.63. The topological polar surface area (TPSA) is 17.8 Å². The van der Waals surface area contributed by atoms with Crippen molar-refractivity contribution in [2.75, 3.05) is 0 Å². The third kappa shape index (κ3) is 4.59. The van der Waals surface area contributed by atoms with E-state index in [4.69, 9.17) is 28.2 Å². The minimum Gasteiger partial charge on any atom is -0.287 e. The molecule has 1 aliphatic rings. The number of halogens is 2. The molecule has 5 aromatic rings. The fraction of sp³-hybridized carbons (Fsp3) is 0.129. The van der Waals surface area contributed by atoms with Crippen molar-refractivity contribution in [3.8, 4) is 28.2 Å². The maximum absolute atomic E-state index is 6.63. The summed E-state index contributed by atoms with van der Waals surface area (Å²) in [6.07, 6.45) is 0.770. The van der Waals surface area contributed by atoms with Crippen molar-refractivity contribution in [1.82, 2.24) is 9.55 Å². The minimum atomic E-state index is -0.706. The summed E-state index contributed by atoms with van der Waals surface area (Å²) in [6.45, 7) is 0. The molecule has 4 aromatic carbocycles. The molecule has 0 N–H and O–H groups in total. The zero-order chi connectivity index (χ0) is 24.5. The number of imidazole rings is 1. The second-order valence-electron chi connectivity index (χ2n) is 9.02. The van der Waals surface area contributed by atoms with Crippen molar-refractivity contribution in [3.05, 3.63) is 127 Å². The Kier molecular flexibility index (Phi) is 6.39. The second kappa shape index (κ2) is 9.82. The molecule has 1 heterocycles. The number of para-hydroxylation sites is 1. The van der Waals surface area contributed by atoms with Gasteiger partial charge < -0.3 is 0 Å². The van der Waals surface area contributed by atoms with E-state index in [1.807, 2.05) is 24.3 Å². The van der Waals surface area contributed by atoms with E-state index in [1.54, 1.807) is 11.8 Å². The van der Waals surface area contributed by atoms with Crippen LogP contribution in [0.15, 0.2) is 126 Å². The number of hydrogen-bond acceptors (Lipinski definition) is 2. The zero-order valence-electron chi connectivity index (χ0n) is 19.5. The van der Waals surface area contributed by atoms with E-state index in [9.17, 15) is 0 Å². The van der Waals surface area contributed by atoms with E-state index >= 15 is 0 Å². The van der Waals surface area contributed by atoms with Crippen LogP contribution < -0.4 is 0 Å². The lowest BCUT2D eigenvalue weighted by Crippen LogP contribution is -2.05. The Labute approximate surface area is 225 Å². The molecule has 36 heavy (non-hydrogen) atoms. The first-order valence-electron chi connectivity index (χ1n) is 12.0. The van der Waals surface area contributed by atoms with Gasteiger partial charge in [-0.15, -0.1) is 23.2 Å². The molecule has 0 bridgehead atoms. The standard InChI is InChI=1S/C31H24Cl2N2S/c32-31(33)21-26(31)29(24-17-9-3-10-18-24)36-30-34-27(22-13-5-1-6-14-22)28(23-15-7-2-8-16-23)35(30)25-19-11-4-12-20-25/h1-20,26,29H,21H2. The van der Waals surface area contributed by atoms with Crippen molar-refractivity contribution in [1.29, 1.82) is 0 Å². The van der Waals surface area contributed by atoms with E-state index in [0.717, 1.165) is 39.8 Å². The molecule has 2 nitrogen and oxygen atoms in total. The van der Waals surface area contributed by atoms with Gasteiger partial charge in [0.05, 0.1) is 11.4 Å². The monoisotopic (exact) mass is 526 g/mol. The van der Waals surface area contributed by atoms with Crippen LogP contribution in [0.2, 0.25) is 0 Å². The van der Waals surface area contributed by atoms with Gasteiger partial charge in [-0.1, -0.05) is 121 Å². The van der Waals surface area contributed by atoms with Crippen molar-refractivity contribution in [2.24, 2.45) is 5.92 Å². The maximum atomic E-state index is 6.63. The maximum Gasteiger partial charge on any atom is 0.174 e. The van der Waals surface area contributed by atoms with Gasteiger partial charge in [0, 0.05) is 28.0 Å². The van der Waals surface area contributed by atoms with E-state index in [2.05, 4.69) is 102 Å². The average Bonchev–Trinajstić information content (AvgIpc) is 3.40. The summed E-state index contributed by atoms with van der Waals surface area (Å²) >= 11 is 15.0. The normalized spacial score (nSPS) is 17.0. The summed E-state index contributed by atoms with van der Waals surface area (Å²) in [5.74, 6) is 0.148. The van der Waals surface area contributed by atoms with Gasteiger partial charge >= 0.3 is 0 Å². The van der Waals surface area contributed by atoms with Crippen LogP contribution in [-0.4, -0.2) is 13.9 Å². The van der Waals surface area contributed by atoms with E-state index < -0.39 is 4.33 Å². The smallest absolute Gasteiger partial charge is 0.174 e. The Hall–Kier alpha value is -2.98. The number of rotatable bonds is 7. The summed E-state index contributed by atoms with van der Waals surface area (Å²) < 4.78 is 1.58. The van der Waals surface area contributed by atoms with Crippen molar-refractivity contribution >= 4 is 35.0 Å². The number of aromatic nitrogens is 2. The average molecular weight is 528 g/mol. The van der Waals surface area contributed by atoms with Crippen LogP contribution in [0.1, 0.15) is 17.2 Å². The van der Waals surface area contributed by atoms with Gasteiger partial charge in [-0.25, -0.2) is 4.98 Å². The number of thioether (sulfide) groups is 1. The van der Waals surface area contributed by atoms with Crippen LogP contribution in [0.5, 0.6) is 0 Å². The predicted octanol–water partition coefficient (Wildman–Crippen LogP) is 9.23. The Bertz CT molecular complexity index is 1450. The van der Waals surface area contributed by atoms with E-state index in [0.29, 0.717) is 0 Å². The first kappa shape index (κ1) is 23.4. The van der Waals surface area contributed by atoms with Crippen molar-refractivity contribution < 1.29 is 0 Å². The van der Waals surface area contributed by atoms with Crippen LogP contribution >= 0.6 is 35.0 Å². The molecule has 0 saturated heterocycles. The molecule has 178 valence electrons. The van der Waals surface area contributed by atoms with Crippen LogP contribution in [-0.2, 0) is 0 Å². The first-order chi connectivity index (χ1) is 17.6. The molecule has 0 spiro atoms. The highest BCUT2D eigenvalue weighted by atomic mass is 35.5. The van der Waals surface area contributed by atoms with Crippen molar-refractivity contribution in [3.63, 3.8) is 0 Å². The lowest BCUT2D eigenvalue weighted by atomic mass is 10.0. The summed E-state index contributed by atoms with van der Waals surface area (Å²) in [4.78, 5) is 5.30. The SMILES string of the molecule is ClC1(Cl)CC1C(Sc1nc(-c2ccccc2)c(-c2ccccc2)n1-c1ccccc1)c1ccccc1. The Morgan fingerprint density at radius 2 is 1.22 bits per heavy atom. The number of alkyl halides is 2. The van der Waals surface area contributed by atoms with Gasteiger partial charge in [0.15, 0.2) is 5.16 Å². The highest BCUT2D eigenvalue weighted by molar-refractivity contribution is 7.99. The largest absolute Gasteiger partial charge is 0.287 e. The lowest BCUT2D eigenvalue weighted by molar-refractivity contribution is 0.785. The summed E-state index contributed by atoms with van der Waals surface area (Å²) in [7, 11) is 0. The molecule has 2 atom stereocenters. The molecule has 0 aliphatic heterocycles. The Morgan fingerprint density at radius 3 is 1.78 bits per heavy atom. The van der Waals surface area contributed by atoms with Crippen LogP contribution in [0.3, 0.4) is 0 Å². The molecular weight excluding hydrogens is 503 g/mol. The molecule has 6 rings (SSSR count). The molecule has 0 amide bonds. The second-order valence-corrected chi connectivity index (χ2v) is 11.7. The minimum absolute atomic E-state index is 0.0818. The Balaban J connectivity index is 1.57. The fourth-order valence-electron chi connectivity index (χ4n) is 4.66. The van der Waals surface area contributed by atoms with Gasteiger partial charge in [0.1, 0.15) is 4.33 Å². The highest BCUT2D eigenvalue weighted by Gasteiger charge is 2.56. The molecular formula is C31H24Cl2N2S. The van der Waals surface area contributed by atoms with Crippen LogP contribution in [0.25, 0.3) is 28.2 Å². The molecule has 1 aliphatic carbocycles. The van der Waals surface area contributed by atoms with Gasteiger partial charge in [-0.3, -0.25) is 4.57 Å². The third-order valence-corrected chi connectivity index (χ3v) is 8.76. The lowest BCUT2D eigenvalue weighted by Gasteiger charge is -2.19. The van der Waals surface area contributed by atoms with Gasteiger partial charge in [-0.05, 0) is 24.1 Å². The van der Waals surface area contributed by atoms with Gasteiger partial charge in [-0.2, -0.15) is 0 Å². The molecule has 1 aromatic heterocycles. The molecule has 2 unspecified atom stereocenters. The number of hydrogen-bond donors (Lipinski definition) is 0. The Morgan fingerprint density at radius 1 is 0.722 bits per heavy atom. The fourth-order valence-corrected chi connectivity index (χ4v) is 6.85. The van der Waals surface area contributed by atoms with E-state index in [1.165, 1.54) is 5.56 Å². The summed E-state index contributed by atoms with van der Waals surface area (Å²) in [6, 6.07) is 41.8. The number of benzene rings is 4. The molecule has 1 saturated carbocycles. The zero-order valence-corrected chi connectivity index (χ0v) is 21.8. The summed E-state index contributed by atoms with van der Waals surface area (Å²) in [5, 5.41) is 1.00. The van der Waals surface area contributed by atoms with Crippen LogP contribution in [0.4, 0.5) is 0 Å². The summed E-state index contributed by atoms with van der Waals surface area (Å²) in [5.41, 5.74) is 6.51. The van der Waals surface area contributed by atoms with Crippen molar-refractivity contribution in [2.45, 2.75) is 21.2 Å². The van der Waals surface area contributed by atoms with Gasteiger partial charge in [0.25, 0.3) is 0 Å². The molecule has 0 radical (unpaired) electrons.